The van der Waals surface area contributed by atoms with Crippen LogP contribution >= 0.6 is 11.3 Å². The van der Waals surface area contributed by atoms with Crippen LogP contribution in [-0.4, -0.2) is 24.5 Å². The maximum absolute atomic E-state index is 5.65. The van der Waals surface area contributed by atoms with E-state index < -0.39 is 0 Å². The van der Waals surface area contributed by atoms with Gasteiger partial charge < -0.3 is 9.73 Å². The molecule has 0 aromatic carbocycles. The number of hydrogen-bond acceptors (Lipinski definition) is 4. The summed E-state index contributed by atoms with van der Waals surface area (Å²) in [6.45, 7) is 5.53. The van der Waals surface area contributed by atoms with Gasteiger partial charge in [-0.25, -0.2) is 0 Å². The van der Waals surface area contributed by atoms with Gasteiger partial charge in [0.15, 0.2) is 0 Å². The fourth-order valence-electron chi connectivity index (χ4n) is 2.87. The summed E-state index contributed by atoms with van der Waals surface area (Å²) in [5.74, 6) is 1.08. The number of thiophene rings is 1. The third kappa shape index (κ3) is 3.14. The number of furan rings is 1. The maximum atomic E-state index is 5.65. The molecule has 3 nitrogen and oxygen atoms in total. The van der Waals surface area contributed by atoms with Crippen molar-refractivity contribution in [1.82, 2.24) is 10.2 Å². The Morgan fingerprint density at radius 2 is 2.15 bits per heavy atom. The summed E-state index contributed by atoms with van der Waals surface area (Å²) in [5.41, 5.74) is 0. The predicted molar refractivity (Wildman–Crippen MR) is 83.0 cm³/mol. The summed E-state index contributed by atoms with van der Waals surface area (Å²) in [5, 5.41) is 5.80. The first-order valence-electron chi connectivity index (χ1n) is 7.39. The lowest BCUT2D eigenvalue weighted by Crippen LogP contribution is -2.34. The molecular formula is C16H22N2OS. The zero-order chi connectivity index (χ0) is 13.8. The highest BCUT2D eigenvalue weighted by atomic mass is 32.1. The van der Waals surface area contributed by atoms with E-state index in [4.69, 9.17) is 4.42 Å². The number of rotatable bonds is 6. The van der Waals surface area contributed by atoms with Gasteiger partial charge in [0.2, 0.25) is 0 Å². The normalized spacial score (nSPS) is 19.2. The average Bonchev–Trinajstić information content (AvgIpc) is 3.22. The van der Waals surface area contributed by atoms with Crippen molar-refractivity contribution in [3.63, 3.8) is 0 Å². The van der Waals surface area contributed by atoms with Crippen molar-refractivity contribution in [1.29, 1.82) is 0 Å². The van der Waals surface area contributed by atoms with Crippen molar-refractivity contribution in [3.8, 4) is 0 Å². The molecule has 3 heterocycles. The van der Waals surface area contributed by atoms with E-state index in [-0.39, 0.29) is 0 Å². The van der Waals surface area contributed by atoms with Crippen molar-refractivity contribution < 1.29 is 4.42 Å². The quantitative estimate of drug-likeness (QED) is 0.876. The largest absolute Gasteiger partial charge is 0.468 e. The predicted octanol–water partition coefficient (Wildman–Crippen LogP) is 3.83. The van der Waals surface area contributed by atoms with E-state index in [2.05, 4.69) is 40.7 Å². The Morgan fingerprint density at radius 3 is 2.80 bits per heavy atom. The second-order valence-corrected chi connectivity index (χ2v) is 6.40. The Bertz CT molecular complexity index is 489. The fraction of sp³-hybridized carbons (Fsp3) is 0.500. The molecule has 2 atom stereocenters. The van der Waals surface area contributed by atoms with Gasteiger partial charge in [-0.05, 0) is 56.4 Å². The summed E-state index contributed by atoms with van der Waals surface area (Å²) in [6, 6.07) is 9.15. The first-order chi connectivity index (χ1) is 9.84. The molecule has 1 saturated heterocycles. The lowest BCUT2D eigenvalue weighted by atomic mass is 10.1. The van der Waals surface area contributed by atoms with Crippen molar-refractivity contribution in [3.05, 3.63) is 46.5 Å². The minimum Gasteiger partial charge on any atom is -0.468 e. The zero-order valence-electron chi connectivity index (χ0n) is 11.9. The molecule has 0 spiro atoms. The minimum atomic E-state index is 0.356. The average molecular weight is 290 g/mol. The SMILES string of the molecule is CC(NCC(c1ccco1)N1CCCC1)c1cccs1. The highest BCUT2D eigenvalue weighted by molar-refractivity contribution is 7.10. The molecule has 0 bridgehead atoms. The van der Waals surface area contributed by atoms with Gasteiger partial charge in [0, 0.05) is 17.5 Å². The minimum absolute atomic E-state index is 0.356. The van der Waals surface area contributed by atoms with Gasteiger partial charge >= 0.3 is 0 Å². The highest BCUT2D eigenvalue weighted by Gasteiger charge is 2.25. The molecular weight excluding hydrogens is 268 g/mol. The van der Waals surface area contributed by atoms with Crippen molar-refractivity contribution in [2.75, 3.05) is 19.6 Å². The van der Waals surface area contributed by atoms with Gasteiger partial charge in [0.05, 0.1) is 12.3 Å². The Morgan fingerprint density at radius 1 is 1.30 bits per heavy atom. The lowest BCUT2D eigenvalue weighted by molar-refractivity contribution is 0.206. The van der Waals surface area contributed by atoms with Gasteiger partial charge in [-0.3, -0.25) is 4.90 Å². The van der Waals surface area contributed by atoms with Gasteiger partial charge in [0.1, 0.15) is 5.76 Å². The number of nitrogens with one attached hydrogen (secondary N) is 1. The molecule has 4 heteroatoms. The number of nitrogens with zero attached hydrogens (tertiary/aromatic N) is 1. The van der Waals surface area contributed by atoms with Crippen LogP contribution < -0.4 is 5.32 Å². The van der Waals surface area contributed by atoms with E-state index in [0.29, 0.717) is 12.1 Å². The highest BCUT2D eigenvalue weighted by Crippen LogP contribution is 2.26. The van der Waals surface area contributed by atoms with E-state index >= 15 is 0 Å². The van der Waals surface area contributed by atoms with Crippen LogP contribution in [0.1, 0.15) is 42.5 Å². The van der Waals surface area contributed by atoms with Crippen molar-refractivity contribution in [2.45, 2.75) is 31.8 Å². The molecule has 20 heavy (non-hydrogen) atoms. The van der Waals surface area contributed by atoms with Crippen LogP contribution in [0.3, 0.4) is 0 Å². The summed E-state index contributed by atoms with van der Waals surface area (Å²) < 4.78 is 5.65. The summed E-state index contributed by atoms with van der Waals surface area (Å²) in [7, 11) is 0. The first kappa shape index (κ1) is 13.9. The molecule has 1 aliphatic rings. The molecule has 1 N–H and O–H groups in total. The van der Waals surface area contributed by atoms with Crippen LogP contribution in [0.5, 0.6) is 0 Å². The monoisotopic (exact) mass is 290 g/mol. The standard InChI is InChI=1S/C16H22N2OS/c1-13(16-7-5-11-20-16)17-12-14(15-6-4-10-19-15)18-8-2-3-9-18/h4-7,10-11,13-14,17H,2-3,8-9,12H2,1H3. The molecule has 3 rings (SSSR count). The van der Waals surface area contributed by atoms with Crippen molar-refractivity contribution in [2.24, 2.45) is 0 Å². The third-order valence-electron chi connectivity index (χ3n) is 4.04. The lowest BCUT2D eigenvalue weighted by Gasteiger charge is -2.27. The molecule has 0 saturated carbocycles. The smallest absolute Gasteiger partial charge is 0.122 e. The Balaban J connectivity index is 1.64. The van der Waals surface area contributed by atoms with Crippen LogP contribution in [0, 0.1) is 0 Å². The molecule has 0 aliphatic carbocycles. The first-order valence-corrected chi connectivity index (χ1v) is 8.27. The molecule has 1 aliphatic heterocycles. The molecule has 0 amide bonds. The van der Waals surface area contributed by atoms with E-state index in [1.54, 1.807) is 6.26 Å². The van der Waals surface area contributed by atoms with Gasteiger partial charge in [-0.15, -0.1) is 11.3 Å². The molecule has 2 aromatic rings. The third-order valence-corrected chi connectivity index (χ3v) is 5.10. The van der Waals surface area contributed by atoms with E-state index in [1.165, 1.54) is 30.8 Å². The fourth-order valence-corrected chi connectivity index (χ4v) is 3.63. The van der Waals surface area contributed by atoms with Crippen molar-refractivity contribution >= 4 is 11.3 Å². The second-order valence-electron chi connectivity index (χ2n) is 5.42. The Kier molecular flexibility index (Phi) is 4.55. The Hall–Kier alpha value is -1.10. The number of likely N-dealkylation sites (tertiary alicyclic amines) is 1. The van der Waals surface area contributed by atoms with Gasteiger partial charge in [-0.1, -0.05) is 6.07 Å². The molecule has 108 valence electrons. The maximum Gasteiger partial charge on any atom is 0.122 e. The van der Waals surface area contributed by atoms with Crippen LogP contribution in [0.15, 0.2) is 40.3 Å². The zero-order valence-corrected chi connectivity index (χ0v) is 12.7. The molecule has 1 fully saturated rings. The summed E-state index contributed by atoms with van der Waals surface area (Å²) in [6.07, 6.45) is 4.39. The molecule has 2 unspecified atom stereocenters. The van der Waals surface area contributed by atoms with Gasteiger partial charge in [-0.2, -0.15) is 0 Å². The summed E-state index contributed by atoms with van der Waals surface area (Å²) >= 11 is 1.81. The van der Waals surface area contributed by atoms with Crippen LogP contribution in [0.2, 0.25) is 0 Å². The Labute approximate surface area is 124 Å². The van der Waals surface area contributed by atoms with Gasteiger partial charge in [0.25, 0.3) is 0 Å². The summed E-state index contributed by atoms with van der Waals surface area (Å²) in [4.78, 5) is 3.93. The molecule has 0 radical (unpaired) electrons. The van der Waals surface area contributed by atoms with E-state index in [1.807, 2.05) is 17.4 Å². The second kappa shape index (κ2) is 6.57. The number of hydrogen-bond donors (Lipinski definition) is 1. The van der Waals surface area contributed by atoms with Crippen LogP contribution in [0.25, 0.3) is 0 Å². The molecule has 2 aromatic heterocycles. The van der Waals surface area contributed by atoms with Crippen LogP contribution in [-0.2, 0) is 0 Å². The van der Waals surface area contributed by atoms with E-state index in [9.17, 15) is 0 Å². The van der Waals surface area contributed by atoms with Crippen LogP contribution in [0.4, 0.5) is 0 Å². The van der Waals surface area contributed by atoms with E-state index in [0.717, 1.165) is 12.3 Å². The topological polar surface area (TPSA) is 28.4 Å².